The van der Waals surface area contributed by atoms with Gasteiger partial charge in [-0.25, -0.2) is 17.6 Å². The highest BCUT2D eigenvalue weighted by molar-refractivity contribution is 5.31. The van der Waals surface area contributed by atoms with Crippen molar-refractivity contribution >= 4 is 0 Å². The monoisotopic (exact) mass is 272 g/mol. The van der Waals surface area contributed by atoms with Crippen LogP contribution in [0.3, 0.4) is 0 Å². The molecule has 1 aromatic rings. The maximum atomic E-state index is 14.1. The van der Waals surface area contributed by atoms with Gasteiger partial charge in [0.2, 0.25) is 0 Å². The standard InChI is InChI=1S/C15H16F4/c1-8-13(16)5-3-11(14(8)17)9-2-4-12-10(9)6-7-15(12,18)19/h3,5,9-10,12H,2,4,6-7H2,1H3/t9?,10-,12+/m1/s1. The Morgan fingerprint density at radius 2 is 1.84 bits per heavy atom. The van der Waals surface area contributed by atoms with Crippen LogP contribution in [0.25, 0.3) is 0 Å². The summed E-state index contributed by atoms with van der Waals surface area (Å²) in [7, 11) is 0. The van der Waals surface area contributed by atoms with Gasteiger partial charge in [0.1, 0.15) is 11.6 Å². The molecule has 0 nitrogen and oxygen atoms in total. The first-order valence-corrected chi connectivity index (χ1v) is 6.74. The van der Waals surface area contributed by atoms with Crippen molar-refractivity contribution in [3.05, 3.63) is 34.9 Å². The highest BCUT2D eigenvalue weighted by Crippen LogP contribution is 2.58. The molecule has 0 N–H and O–H groups in total. The predicted octanol–water partition coefficient (Wildman–Crippen LogP) is 4.81. The van der Waals surface area contributed by atoms with E-state index < -0.39 is 23.5 Å². The molecule has 0 amide bonds. The van der Waals surface area contributed by atoms with Crippen LogP contribution in [-0.4, -0.2) is 5.92 Å². The average Bonchev–Trinajstić information content (AvgIpc) is 2.89. The Morgan fingerprint density at radius 3 is 2.58 bits per heavy atom. The third kappa shape index (κ3) is 1.87. The number of fused-ring (bicyclic) bond motifs is 1. The second kappa shape index (κ2) is 4.22. The van der Waals surface area contributed by atoms with Crippen molar-refractivity contribution in [3.63, 3.8) is 0 Å². The van der Waals surface area contributed by atoms with Gasteiger partial charge in [-0.2, -0.15) is 0 Å². The lowest BCUT2D eigenvalue weighted by Crippen LogP contribution is -2.23. The van der Waals surface area contributed by atoms with Gasteiger partial charge in [-0.3, -0.25) is 0 Å². The largest absolute Gasteiger partial charge is 0.251 e. The molecule has 2 aliphatic carbocycles. The summed E-state index contributed by atoms with van der Waals surface area (Å²) in [5, 5.41) is 0. The van der Waals surface area contributed by atoms with Crippen LogP contribution < -0.4 is 0 Å². The Balaban J connectivity index is 1.95. The van der Waals surface area contributed by atoms with Crippen LogP contribution in [0.2, 0.25) is 0 Å². The van der Waals surface area contributed by atoms with Gasteiger partial charge < -0.3 is 0 Å². The molecule has 0 aliphatic heterocycles. The van der Waals surface area contributed by atoms with Crippen LogP contribution >= 0.6 is 0 Å². The minimum absolute atomic E-state index is 0.00860. The van der Waals surface area contributed by atoms with E-state index in [2.05, 4.69) is 0 Å². The molecule has 0 radical (unpaired) electrons. The first-order valence-electron chi connectivity index (χ1n) is 6.74. The molecule has 0 spiro atoms. The first kappa shape index (κ1) is 12.9. The van der Waals surface area contributed by atoms with Gasteiger partial charge in [-0.05, 0) is 49.7 Å². The van der Waals surface area contributed by atoms with Crippen molar-refractivity contribution in [1.29, 1.82) is 0 Å². The third-order valence-electron chi connectivity index (χ3n) is 4.93. The van der Waals surface area contributed by atoms with Crippen molar-refractivity contribution in [1.82, 2.24) is 0 Å². The fraction of sp³-hybridized carbons (Fsp3) is 0.600. The predicted molar refractivity (Wildman–Crippen MR) is 64.2 cm³/mol. The maximum Gasteiger partial charge on any atom is 0.251 e. The lowest BCUT2D eigenvalue weighted by Gasteiger charge is -2.21. The molecular weight excluding hydrogens is 256 g/mol. The highest BCUT2D eigenvalue weighted by Gasteiger charge is 2.55. The van der Waals surface area contributed by atoms with Crippen molar-refractivity contribution in [3.8, 4) is 0 Å². The molecule has 1 aromatic carbocycles. The second-order valence-electron chi connectivity index (χ2n) is 5.83. The van der Waals surface area contributed by atoms with E-state index >= 15 is 0 Å². The SMILES string of the molecule is Cc1c(F)ccc(C2CC[C@H]3[C@@H]2CCC3(F)F)c1F. The van der Waals surface area contributed by atoms with E-state index in [1.54, 1.807) is 0 Å². The zero-order valence-corrected chi connectivity index (χ0v) is 10.7. The summed E-state index contributed by atoms with van der Waals surface area (Å²) in [4.78, 5) is 0. The Labute approximate surface area is 109 Å². The minimum atomic E-state index is -2.61. The Bertz CT molecular complexity index is 509. The van der Waals surface area contributed by atoms with E-state index in [9.17, 15) is 17.6 Å². The molecule has 1 unspecified atom stereocenters. The summed E-state index contributed by atoms with van der Waals surface area (Å²) >= 11 is 0. The zero-order chi connectivity index (χ0) is 13.8. The smallest absolute Gasteiger partial charge is 0.207 e. The van der Waals surface area contributed by atoms with Gasteiger partial charge in [-0.1, -0.05) is 6.07 Å². The maximum absolute atomic E-state index is 14.1. The second-order valence-corrected chi connectivity index (χ2v) is 5.83. The molecule has 2 aliphatic rings. The third-order valence-corrected chi connectivity index (χ3v) is 4.93. The number of hydrogen-bond donors (Lipinski definition) is 0. The molecule has 0 heterocycles. The van der Waals surface area contributed by atoms with Gasteiger partial charge in [0.15, 0.2) is 0 Å². The molecule has 2 fully saturated rings. The van der Waals surface area contributed by atoms with Crippen molar-refractivity contribution in [2.24, 2.45) is 11.8 Å². The number of alkyl halides is 2. The van der Waals surface area contributed by atoms with Crippen LogP contribution in [0.4, 0.5) is 17.6 Å². The van der Waals surface area contributed by atoms with E-state index in [0.717, 1.165) is 0 Å². The van der Waals surface area contributed by atoms with Gasteiger partial charge >= 0.3 is 0 Å². The summed E-state index contributed by atoms with van der Waals surface area (Å²) in [5.74, 6) is -4.70. The number of halogens is 4. The molecule has 0 saturated heterocycles. The zero-order valence-electron chi connectivity index (χ0n) is 10.7. The fourth-order valence-corrected chi connectivity index (χ4v) is 3.89. The fourth-order valence-electron chi connectivity index (χ4n) is 3.89. The van der Waals surface area contributed by atoms with Crippen LogP contribution in [0.1, 0.15) is 42.7 Å². The Kier molecular flexibility index (Phi) is 2.88. The molecule has 0 bridgehead atoms. The van der Waals surface area contributed by atoms with E-state index in [1.165, 1.54) is 19.1 Å². The molecule has 2 saturated carbocycles. The summed E-state index contributed by atoms with van der Waals surface area (Å²) in [6, 6.07) is 2.68. The van der Waals surface area contributed by atoms with Crippen LogP contribution in [-0.2, 0) is 0 Å². The van der Waals surface area contributed by atoms with Gasteiger partial charge in [0.05, 0.1) is 0 Å². The van der Waals surface area contributed by atoms with E-state index in [4.69, 9.17) is 0 Å². The van der Waals surface area contributed by atoms with Crippen molar-refractivity contribution < 1.29 is 17.6 Å². The van der Waals surface area contributed by atoms with E-state index in [-0.39, 0.29) is 23.8 Å². The van der Waals surface area contributed by atoms with Crippen LogP contribution in [0.15, 0.2) is 12.1 Å². The lowest BCUT2D eigenvalue weighted by atomic mass is 9.85. The summed E-state index contributed by atoms with van der Waals surface area (Å²) < 4.78 is 54.8. The van der Waals surface area contributed by atoms with Crippen LogP contribution in [0.5, 0.6) is 0 Å². The van der Waals surface area contributed by atoms with E-state index in [1.807, 2.05) is 0 Å². The Hall–Kier alpha value is -1.06. The van der Waals surface area contributed by atoms with Gasteiger partial charge in [0.25, 0.3) is 5.92 Å². The molecule has 19 heavy (non-hydrogen) atoms. The summed E-state index contributed by atoms with van der Waals surface area (Å²) in [6.45, 7) is 1.39. The molecule has 4 heteroatoms. The topological polar surface area (TPSA) is 0 Å². The Morgan fingerprint density at radius 1 is 1.11 bits per heavy atom. The van der Waals surface area contributed by atoms with Gasteiger partial charge in [0, 0.05) is 17.9 Å². The minimum Gasteiger partial charge on any atom is -0.207 e. The summed E-state index contributed by atoms with van der Waals surface area (Å²) in [5.41, 5.74) is 0.412. The van der Waals surface area contributed by atoms with E-state index in [0.29, 0.717) is 24.8 Å². The lowest BCUT2D eigenvalue weighted by molar-refractivity contribution is -0.0409. The quantitative estimate of drug-likeness (QED) is 0.643. The summed E-state index contributed by atoms with van der Waals surface area (Å²) in [6.07, 6.45) is 1.37. The highest BCUT2D eigenvalue weighted by atomic mass is 19.3. The van der Waals surface area contributed by atoms with Crippen molar-refractivity contribution in [2.75, 3.05) is 0 Å². The molecule has 3 rings (SSSR count). The first-order chi connectivity index (χ1) is 8.92. The molecule has 104 valence electrons. The molecule has 0 aromatic heterocycles. The molecule has 3 atom stereocenters. The number of rotatable bonds is 1. The number of benzene rings is 1. The number of hydrogen-bond acceptors (Lipinski definition) is 0. The van der Waals surface area contributed by atoms with Gasteiger partial charge in [-0.15, -0.1) is 0 Å². The average molecular weight is 272 g/mol. The normalized spacial score (nSPS) is 32.6. The molecular formula is C15H16F4. The van der Waals surface area contributed by atoms with Crippen molar-refractivity contribution in [2.45, 2.75) is 44.4 Å². The van der Waals surface area contributed by atoms with Crippen LogP contribution in [0, 0.1) is 30.4 Å².